The number of H-pyrrole nitrogens is 1. The minimum Gasteiger partial charge on any atom is -0.455 e. The first-order valence-corrected chi connectivity index (χ1v) is 22.0. The number of nitriles is 1. The number of rotatable bonds is 12. The SMILES string of the molecule is N#Cc1cc(S(=O)(=O)NC(=O)c2ccc(C3=CCC(N4CCCC4c4ccccc4C4CC4)CC3)cc2Oc2cnc3[nH]ccc3c2)ccc1NCC1CCOCC1. The summed E-state index contributed by atoms with van der Waals surface area (Å²) in [5.74, 6) is 0.901. The lowest BCUT2D eigenvalue weighted by molar-refractivity contribution is 0.0699. The highest BCUT2D eigenvalue weighted by Gasteiger charge is 2.36. The van der Waals surface area contributed by atoms with Gasteiger partial charge in [-0.2, -0.15) is 5.26 Å². The van der Waals surface area contributed by atoms with Gasteiger partial charge in [0.05, 0.1) is 27.9 Å². The monoisotopic (exact) mass is 796 g/mol. The summed E-state index contributed by atoms with van der Waals surface area (Å²) in [5.41, 5.74) is 6.62. The second-order valence-corrected chi connectivity index (χ2v) is 17.7. The second kappa shape index (κ2) is 16.4. The number of pyridine rings is 1. The summed E-state index contributed by atoms with van der Waals surface area (Å²) < 4.78 is 41.4. The highest BCUT2D eigenvalue weighted by Crippen LogP contribution is 2.47. The largest absolute Gasteiger partial charge is 0.455 e. The predicted molar refractivity (Wildman–Crippen MR) is 223 cm³/mol. The van der Waals surface area contributed by atoms with Crippen LogP contribution in [0.3, 0.4) is 0 Å². The summed E-state index contributed by atoms with van der Waals surface area (Å²) in [6, 6.07) is 25.4. The summed E-state index contributed by atoms with van der Waals surface area (Å²) in [7, 11) is -4.36. The molecule has 12 heteroatoms. The number of hydrogen-bond donors (Lipinski definition) is 3. The van der Waals surface area contributed by atoms with Crippen molar-refractivity contribution in [3.8, 4) is 17.6 Å². The predicted octanol–water partition coefficient (Wildman–Crippen LogP) is 8.83. The zero-order valence-electron chi connectivity index (χ0n) is 32.5. The Morgan fingerprint density at radius 2 is 1.83 bits per heavy atom. The number of carbonyl (C=O) groups is 1. The quantitative estimate of drug-likeness (QED) is 0.113. The van der Waals surface area contributed by atoms with Gasteiger partial charge in [-0.05, 0) is 141 Å². The van der Waals surface area contributed by atoms with Crippen LogP contribution in [0.1, 0.15) is 102 Å². The van der Waals surface area contributed by atoms with E-state index in [1.807, 2.05) is 24.3 Å². The van der Waals surface area contributed by atoms with E-state index >= 15 is 0 Å². The Bertz CT molecular complexity index is 2520. The van der Waals surface area contributed by atoms with Gasteiger partial charge in [0, 0.05) is 43.4 Å². The number of sulfonamides is 1. The number of likely N-dealkylation sites (tertiary alicyclic amines) is 1. The number of aromatic nitrogens is 2. The van der Waals surface area contributed by atoms with Crippen molar-refractivity contribution in [3.63, 3.8) is 0 Å². The van der Waals surface area contributed by atoms with E-state index < -0.39 is 15.9 Å². The van der Waals surface area contributed by atoms with Gasteiger partial charge in [0.15, 0.2) is 0 Å². The standard InChI is InChI=1S/C46H48N6O5S/c47-27-35-25-38(14-16-42(35)49-28-30-18-22-56-23-19-30)58(54,55)51-46(53)41-15-11-33(26-44(41)57-37-24-34-17-20-48-45(34)50-29-37)31-9-12-36(13-10-31)52-21-3-6-43(52)40-5-2-1-4-39(40)32-7-8-32/h1-2,4-5,9,11,14-17,20,24-26,29-30,32,36,43,49H,3,6-8,10,12-13,18-19,21-23,28H2,(H,48,50)(H,51,53). The van der Waals surface area contributed by atoms with Crippen LogP contribution in [-0.2, 0) is 14.8 Å². The van der Waals surface area contributed by atoms with Crippen molar-refractivity contribution >= 4 is 38.2 Å². The van der Waals surface area contributed by atoms with Gasteiger partial charge < -0.3 is 19.8 Å². The van der Waals surface area contributed by atoms with Gasteiger partial charge in [0.25, 0.3) is 15.9 Å². The van der Waals surface area contributed by atoms with Crippen LogP contribution >= 0.6 is 0 Å². The molecule has 0 spiro atoms. The van der Waals surface area contributed by atoms with Crippen LogP contribution < -0.4 is 14.8 Å². The molecule has 1 saturated carbocycles. The minimum absolute atomic E-state index is 0.0558. The van der Waals surface area contributed by atoms with Crippen LogP contribution in [0.4, 0.5) is 5.69 Å². The summed E-state index contributed by atoms with van der Waals surface area (Å²) in [5, 5.41) is 14.0. The Morgan fingerprint density at radius 1 is 0.983 bits per heavy atom. The molecule has 1 amide bonds. The number of anilines is 1. The molecule has 9 rings (SSSR count). The van der Waals surface area contributed by atoms with Gasteiger partial charge in [0.2, 0.25) is 0 Å². The highest BCUT2D eigenvalue weighted by atomic mass is 32.2. The number of hydrogen-bond acceptors (Lipinski definition) is 9. The van der Waals surface area contributed by atoms with Crippen molar-refractivity contribution in [2.24, 2.45) is 5.92 Å². The first-order chi connectivity index (χ1) is 28.3. The molecule has 2 aromatic heterocycles. The molecule has 3 N–H and O–H groups in total. The third kappa shape index (κ3) is 8.12. The number of carbonyl (C=O) groups excluding carboxylic acids is 1. The molecule has 0 bridgehead atoms. The molecule has 58 heavy (non-hydrogen) atoms. The summed E-state index contributed by atoms with van der Waals surface area (Å²) in [6.45, 7) is 3.17. The van der Waals surface area contributed by atoms with E-state index in [9.17, 15) is 18.5 Å². The van der Waals surface area contributed by atoms with Gasteiger partial charge in [-0.3, -0.25) is 9.69 Å². The van der Waals surface area contributed by atoms with E-state index in [2.05, 4.69) is 61.3 Å². The fraction of sp³-hybridized carbons (Fsp3) is 0.370. The number of benzene rings is 3. The van der Waals surface area contributed by atoms with Crippen molar-refractivity contribution < 1.29 is 22.7 Å². The number of amides is 1. The molecular formula is C46H48N6O5S. The maximum atomic E-state index is 13.9. The molecule has 2 aliphatic heterocycles. The molecule has 0 radical (unpaired) electrons. The molecule has 5 aromatic rings. The van der Waals surface area contributed by atoms with Gasteiger partial charge in [0.1, 0.15) is 23.2 Å². The van der Waals surface area contributed by atoms with Crippen LogP contribution in [0.2, 0.25) is 0 Å². The fourth-order valence-electron chi connectivity index (χ4n) is 9.00. The van der Waals surface area contributed by atoms with Crippen molar-refractivity contribution in [2.45, 2.75) is 80.7 Å². The van der Waals surface area contributed by atoms with Crippen molar-refractivity contribution in [1.29, 1.82) is 5.26 Å². The Balaban J connectivity index is 0.948. The molecule has 2 unspecified atom stereocenters. The zero-order valence-corrected chi connectivity index (χ0v) is 33.3. The second-order valence-electron chi connectivity index (χ2n) is 16.0. The van der Waals surface area contributed by atoms with Crippen molar-refractivity contribution in [1.82, 2.24) is 19.6 Å². The number of fused-ring (bicyclic) bond motifs is 1. The van der Waals surface area contributed by atoms with Crippen LogP contribution in [0.5, 0.6) is 11.5 Å². The Morgan fingerprint density at radius 3 is 2.62 bits per heavy atom. The third-order valence-corrected chi connectivity index (χ3v) is 13.6. The molecule has 2 aliphatic carbocycles. The molecular weight excluding hydrogens is 749 g/mol. The topological polar surface area (TPSA) is 149 Å². The maximum Gasteiger partial charge on any atom is 0.268 e. The number of aromatic amines is 1. The van der Waals surface area contributed by atoms with E-state index in [0.29, 0.717) is 54.8 Å². The highest BCUT2D eigenvalue weighted by molar-refractivity contribution is 7.90. The minimum atomic E-state index is -4.36. The molecule has 3 fully saturated rings. The zero-order chi connectivity index (χ0) is 39.6. The number of nitrogens with one attached hydrogen (secondary N) is 3. The normalized spacial score (nSPS) is 20.4. The van der Waals surface area contributed by atoms with Crippen molar-refractivity contribution in [3.05, 3.63) is 119 Å². The smallest absolute Gasteiger partial charge is 0.268 e. The fourth-order valence-corrected chi connectivity index (χ4v) is 9.99. The van der Waals surface area contributed by atoms with Gasteiger partial charge in [-0.1, -0.05) is 36.4 Å². The van der Waals surface area contributed by atoms with Crippen molar-refractivity contribution in [2.75, 3.05) is 31.6 Å². The molecule has 2 atom stereocenters. The Labute approximate surface area is 339 Å². The molecule has 11 nitrogen and oxygen atoms in total. The van der Waals surface area contributed by atoms with Crippen LogP contribution in [0, 0.1) is 17.2 Å². The lowest BCUT2D eigenvalue weighted by atomic mass is 9.88. The summed E-state index contributed by atoms with van der Waals surface area (Å²) in [4.78, 5) is 24.0. The molecule has 4 heterocycles. The number of nitrogens with zero attached hydrogens (tertiary/aromatic N) is 3. The summed E-state index contributed by atoms with van der Waals surface area (Å²) in [6.07, 6.45) is 15.3. The van der Waals surface area contributed by atoms with Gasteiger partial charge in [-0.25, -0.2) is 18.1 Å². The number of ether oxygens (including phenoxy) is 2. The van der Waals surface area contributed by atoms with E-state index in [4.69, 9.17) is 9.47 Å². The van der Waals surface area contributed by atoms with Crippen LogP contribution in [0.25, 0.3) is 16.6 Å². The average molecular weight is 797 g/mol. The molecule has 3 aromatic carbocycles. The van der Waals surface area contributed by atoms with E-state index in [1.54, 1.807) is 30.1 Å². The summed E-state index contributed by atoms with van der Waals surface area (Å²) >= 11 is 0. The van der Waals surface area contributed by atoms with Gasteiger partial charge >= 0.3 is 0 Å². The Kier molecular flexibility index (Phi) is 10.8. The first kappa shape index (κ1) is 38.1. The third-order valence-electron chi connectivity index (χ3n) is 12.3. The molecule has 4 aliphatic rings. The average Bonchev–Trinajstić information content (AvgIpc) is 3.79. The van der Waals surface area contributed by atoms with Crippen LogP contribution in [0.15, 0.2) is 96.2 Å². The van der Waals surface area contributed by atoms with E-state index in [1.165, 1.54) is 49.0 Å². The molecule has 2 saturated heterocycles. The lowest BCUT2D eigenvalue weighted by Crippen LogP contribution is -2.36. The number of allylic oxidation sites excluding steroid dienone is 1. The van der Waals surface area contributed by atoms with Crippen LogP contribution in [-0.4, -0.2) is 61.5 Å². The van der Waals surface area contributed by atoms with E-state index in [0.717, 1.165) is 55.5 Å². The first-order valence-electron chi connectivity index (χ1n) is 20.5. The van der Waals surface area contributed by atoms with E-state index in [-0.39, 0.29) is 21.8 Å². The maximum absolute atomic E-state index is 13.9. The Hall–Kier alpha value is -5.48. The van der Waals surface area contributed by atoms with Gasteiger partial charge in [-0.15, -0.1) is 0 Å². The lowest BCUT2D eigenvalue weighted by Gasteiger charge is -2.36. The molecule has 298 valence electrons.